The Balaban J connectivity index is 0.951. The standard InChI is InChI=1S/C62H58N2/c1-39-13-11-15-47(29-39)63(51-31-41(3)27-42(4)32-51)49-21-25-55-53-23-19-45(35-57(53)61(7,8)59(55)37-49)17-18-46-20-24-54-56-26-22-50(38-60(56)62(9,10)58(54)36-46)64(48-16-12-14-40(2)30-48)52-33-43(5)28-44(6)34-52/h11-38H,1-10H3/b18-17+. The van der Waals surface area contributed by atoms with Gasteiger partial charge < -0.3 is 9.80 Å². The molecule has 0 unspecified atom stereocenters. The van der Waals surface area contributed by atoms with E-state index < -0.39 is 0 Å². The largest absolute Gasteiger partial charge is 0.310 e. The molecular formula is C62H58N2. The molecule has 0 N–H and O–H groups in total. The maximum Gasteiger partial charge on any atom is 0.0466 e. The molecule has 0 saturated heterocycles. The number of hydrogen-bond donors (Lipinski definition) is 0. The fraction of sp³-hybridized carbons (Fsp3) is 0.194. The summed E-state index contributed by atoms with van der Waals surface area (Å²) in [5.74, 6) is 0. The average Bonchev–Trinajstić information content (AvgIpc) is 3.60. The van der Waals surface area contributed by atoms with E-state index in [0.29, 0.717) is 0 Å². The van der Waals surface area contributed by atoms with Gasteiger partial charge in [0.1, 0.15) is 0 Å². The minimum atomic E-state index is -0.166. The van der Waals surface area contributed by atoms with Crippen molar-refractivity contribution in [3.63, 3.8) is 0 Å². The molecule has 0 aliphatic heterocycles. The van der Waals surface area contributed by atoms with Crippen molar-refractivity contribution in [2.45, 2.75) is 80.1 Å². The fourth-order valence-electron chi connectivity index (χ4n) is 10.8. The van der Waals surface area contributed by atoms with Crippen LogP contribution in [0, 0.1) is 41.5 Å². The Morgan fingerprint density at radius 2 is 0.609 bits per heavy atom. The van der Waals surface area contributed by atoms with Crippen molar-refractivity contribution in [3.8, 4) is 22.3 Å². The van der Waals surface area contributed by atoms with Crippen molar-refractivity contribution in [1.29, 1.82) is 0 Å². The number of fused-ring (bicyclic) bond motifs is 6. The third-order valence-corrected chi connectivity index (χ3v) is 13.8. The highest BCUT2D eigenvalue weighted by atomic mass is 15.1. The minimum Gasteiger partial charge on any atom is -0.310 e. The molecule has 0 radical (unpaired) electrons. The lowest BCUT2D eigenvalue weighted by molar-refractivity contribution is 0.660. The van der Waals surface area contributed by atoms with Crippen LogP contribution in [0.15, 0.2) is 158 Å². The van der Waals surface area contributed by atoms with Crippen molar-refractivity contribution in [3.05, 3.63) is 224 Å². The van der Waals surface area contributed by atoms with E-state index in [0.717, 1.165) is 0 Å². The summed E-state index contributed by atoms with van der Waals surface area (Å²) in [7, 11) is 0. The molecule has 0 atom stereocenters. The van der Waals surface area contributed by atoms with Gasteiger partial charge in [-0.05, 0) is 203 Å². The zero-order valence-electron chi connectivity index (χ0n) is 39.1. The normalized spacial score (nSPS) is 14.0. The highest BCUT2D eigenvalue weighted by Crippen LogP contribution is 2.53. The summed E-state index contributed by atoms with van der Waals surface area (Å²) in [6.45, 7) is 22.6. The molecule has 0 bridgehead atoms. The average molecular weight is 831 g/mol. The summed E-state index contributed by atoms with van der Waals surface area (Å²) in [5, 5.41) is 0. The zero-order chi connectivity index (χ0) is 44.7. The summed E-state index contributed by atoms with van der Waals surface area (Å²) in [6.07, 6.45) is 4.59. The van der Waals surface area contributed by atoms with E-state index in [1.165, 1.54) is 123 Å². The maximum absolute atomic E-state index is 2.43. The number of hydrogen-bond acceptors (Lipinski definition) is 2. The second-order valence-electron chi connectivity index (χ2n) is 19.7. The molecule has 10 rings (SSSR count). The van der Waals surface area contributed by atoms with Gasteiger partial charge in [-0.25, -0.2) is 0 Å². The maximum atomic E-state index is 2.43. The van der Waals surface area contributed by atoms with Gasteiger partial charge in [0.05, 0.1) is 0 Å². The lowest BCUT2D eigenvalue weighted by Crippen LogP contribution is -2.17. The lowest BCUT2D eigenvalue weighted by Gasteiger charge is -2.29. The van der Waals surface area contributed by atoms with Crippen LogP contribution in [0.3, 0.4) is 0 Å². The molecule has 2 aliphatic rings. The van der Waals surface area contributed by atoms with Crippen LogP contribution in [0.2, 0.25) is 0 Å². The van der Waals surface area contributed by atoms with E-state index in [9.17, 15) is 0 Å². The Morgan fingerprint density at radius 3 is 0.969 bits per heavy atom. The third-order valence-electron chi connectivity index (χ3n) is 13.8. The third kappa shape index (κ3) is 7.16. The Hall–Kier alpha value is -6.90. The van der Waals surface area contributed by atoms with Crippen molar-refractivity contribution in [2.24, 2.45) is 0 Å². The SMILES string of the molecule is Cc1cccc(N(c2cc(C)cc(C)c2)c2ccc3c(c2)C(C)(C)c2cc(/C=C/c4ccc5c(c4)C(C)(C)c4cc(N(c6cccc(C)c6)c6cc(C)cc(C)c6)ccc4-5)ccc2-3)c1. The van der Waals surface area contributed by atoms with Gasteiger partial charge in [0.15, 0.2) is 0 Å². The van der Waals surface area contributed by atoms with Crippen LogP contribution in [0.4, 0.5) is 34.1 Å². The van der Waals surface area contributed by atoms with Crippen LogP contribution >= 0.6 is 0 Å². The van der Waals surface area contributed by atoms with Crippen LogP contribution in [-0.4, -0.2) is 0 Å². The van der Waals surface area contributed by atoms with Gasteiger partial charge in [0.25, 0.3) is 0 Å². The molecule has 8 aromatic rings. The Morgan fingerprint density at radius 1 is 0.297 bits per heavy atom. The molecule has 0 fully saturated rings. The Kier molecular flexibility index (Phi) is 9.91. The first-order valence-corrected chi connectivity index (χ1v) is 22.8. The van der Waals surface area contributed by atoms with Gasteiger partial charge in [-0.2, -0.15) is 0 Å². The monoisotopic (exact) mass is 830 g/mol. The van der Waals surface area contributed by atoms with Crippen LogP contribution < -0.4 is 9.80 Å². The minimum absolute atomic E-state index is 0.166. The molecule has 8 aromatic carbocycles. The van der Waals surface area contributed by atoms with E-state index in [1.807, 2.05) is 0 Å². The summed E-state index contributed by atoms with van der Waals surface area (Å²) in [6, 6.07) is 59.6. The smallest absolute Gasteiger partial charge is 0.0466 e. The second kappa shape index (κ2) is 15.4. The van der Waals surface area contributed by atoms with E-state index in [4.69, 9.17) is 0 Å². The first kappa shape index (κ1) is 41.1. The highest BCUT2D eigenvalue weighted by Gasteiger charge is 2.38. The lowest BCUT2D eigenvalue weighted by atomic mass is 9.81. The van der Waals surface area contributed by atoms with Gasteiger partial charge in [0.2, 0.25) is 0 Å². The predicted octanol–water partition coefficient (Wildman–Crippen LogP) is 17.3. The molecule has 64 heavy (non-hydrogen) atoms. The molecule has 0 amide bonds. The van der Waals surface area contributed by atoms with Gasteiger partial charge in [0, 0.05) is 45.0 Å². The molecule has 0 heterocycles. The number of aryl methyl sites for hydroxylation is 6. The zero-order valence-corrected chi connectivity index (χ0v) is 39.1. The number of anilines is 6. The van der Waals surface area contributed by atoms with Gasteiger partial charge in [-0.15, -0.1) is 0 Å². The first-order chi connectivity index (χ1) is 30.6. The molecule has 2 heteroatoms. The number of nitrogens with zero attached hydrogens (tertiary/aromatic N) is 2. The van der Waals surface area contributed by atoms with Crippen LogP contribution in [0.1, 0.15) is 94.5 Å². The molecule has 0 spiro atoms. The fourth-order valence-corrected chi connectivity index (χ4v) is 10.8. The quantitative estimate of drug-likeness (QED) is 0.141. The van der Waals surface area contributed by atoms with Crippen molar-refractivity contribution in [1.82, 2.24) is 0 Å². The Labute approximate surface area is 381 Å². The second-order valence-corrected chi connectivity index (χ2v) is 19.7. The summed E-state index contributed by atoms with van der Waals surface area (Å²) in [5.41, 5.74) is 27.5. The van der Waals surface area contributed by atoms with Crippen molar-refractivity contribution < 1.29 is 0 Å². The number of rotatable bonds is 8. The summed E-state index contributed by atoms with van der Waals surface area (Å²) in [4.78, 5) is 4.84. The van der Waals surface area contributed by atoms with Crippen LogP contribution in [0.25, 0.3) is 34.4 Å². The van der Waals surface area contributed by atoms with Gasteiger partial charge in [-0.1, -0.05) is 125 Å². The molecule has 2 aliphatic carbocycles. The van der Waals surface area contributed by atoms with Gasteiger partial charge in [-0.3, -0.25) is 0 Å². The van der Waals surface area contributed by atoms with Crippen LogP contribution in [-0.2, 0) is 10.8 Å². The molecular weight excluding hydrogens is 773 g/mol. The van der Waals surface area contributed by atoms with Crippen molar-refractivity contribution >= 4 is 46.3 Å². The highest BCUT2D eigenvalue weighted by molar-refractivity contribution is 5.89. The summed E-state index contributed by atoms with van der Waals surface area (Å²) < 4.78 is 0. The summed E-state index contributed by atoms with van der Waals surface area (Å²) >= 11 is 0. The van der Waals surface area contributed by atoms with Gasteiger partial charge >= 0.3 is 0 Å². The number of benzene rings is 8. The molecule has 2 nitrogen and oxygen atoms in total. The van der Waals surface area contributed by atoms with E-state index in [-0.39, 0.29) is 10.8 Å². The van der Waals surface area contributed by atoms with Crippen LogP contribution in [0.5, 0.6) is 0 Å². The molecule has 0 saturated carbocycles. The molecule has 316 valence electrons. The predicted molar refractivity (Wildman–Crippen MR) is 275 cm³/mol. The van der Waals surface area contributed by atoms with Crippen molar-refractivity contribution in [2.75, 3.05) is 9.80 Å². The van der Waals surface area contributed by atoms with E-state index >= 15 is 0 Å². The van der Waals surface area contributed by atoms with E-state index in [2.05, 4.69) is 249 Å². The first-order valence-electron chi connectivity index (χ1n) is 22.8. The van der Waals surface area contributed by atoms with E-state index in [1.54, 1.807) is 0 Å². The Bertz CT molecular complexity index is 2940. The topological polar surface area (TPSA) is 6.48 Å². The molecule has 0 aromatic heterocycles.